The number of nitrogens with two attached hydrogens (primary N) is 1. The van der Waals surface area contributed by atoms with E-state index in [4.69, 9.17) is 23.3 Å². The van der Waals surface area contributed by atoms with Crippen molar-refractivity contribution < 1.29 is 22.3 Å². The van der Waals surface area contributed by atoms with Crippen molar-refractivity contribution in [3.05, 3.63) is 0 Å². The molecule has 0 aliphatic carbocycles. The quantitative estimate of drug-likeness (QED) is 0.460. The maximum atomic E-state index is 10.4. The molecule has 0 saturated carbocycles. The van der Waals surface area contributed by atoms with Crippen molar-refractivity contribution >= 4 is 16.3 Å². The minimum atomic E-state index is -4.67. The number of hydrogen-bond donors (Lipinski definition) is 3. The topological polar surface area (TPSA) is 118 Å². The minimum Gasteiger partial charge on any atom is -0.370 e. The SMILES string of the molecule is CCCCCCCCCC(N)=O.O=S(=O)(O)O. The number of hydrogen-bond acceptors (Lipinski definition) is 3. The van der Waals surface area contributed by atoms with E-state index in [1.165, 1.54) is 32.1 Å². The first-order chi connectivity index (χ1) is 7.77. The summed E-state index contributed by atoms with van der Waals surface area (Å²) in [4.78, 5) is 10.4. The highest BCUT2D eigenvalue weighted by atomic mass is 32.3. The van der Waals surface area contributed by atoms with Crippen LogP contribution in [-0.4, -0.2) is 23.4 Å². The second-order valence-electron chi connectivity index (χ2n) is 3.79. The average molecular weight is 269 g/mol. The van der Waals surface area contributed by atoms with Gasteiger partial charge in [-0.15, -0.1) is 0 Å². The summed E-state index contributed by atoms with van der Waals surface area (Å²) >= 11 is 0. The largest absolute Gasteiger partial charge is 0.394 e. The van der Waals surface area contributed by atoms with Crippen LogP contribution in [-0.2, 0) is 15.2 Å². The Balaban J connectivity index is 0. The van der Waals surface area contributed by atoms with E-state index < -0.39 is 10.4 Å². The molecule has 0 radical (unpaired) electrons. The fourth-order valence-corrected chi connectivity index (χ4v) is 1.26. The van der Waals surface area contributed by atoms with Gasteiger partial charge in [0.25, 0.3) is 0 Å². The van der Waals surface area contributed by atoms with Gasteiger partial charge in [-0.05, 0) is 6.42 Å². The summed E-state index contributed by atoms with van der Waals surface area (Å²) < 4.78 is 31.6. The zero-order valence-electron chi connectivity index (χ0n) is 10.3. The van der Waals surface area contributed by atoms with Gasteiger partial charge >= 0.3 is 10.4 Å². The molecule has 0 aromatic carbocycles. The first kappa shape index (κ1) is 18.7. The predicted octanol–water partition coefficient (Wildman–Crippen LogP) is 1.96. The van der Waals surface area contributed by atoms with E-state index in [0.29, 0.717) is 6.42 Å². The van der Waals surface area contributed by atoms with Crippen LogP contribution in [0.2, 0.25) is 0 Å². The molecule has 0 saturated heterocycles. The molecule has 0 atom stereocenters. The van der Waals surface area contributed by atoms with E-state index in [1.807, 2.05) is 0 Å². The number of carbonyl (C=O) groups excluding carboxylic acids is 1. The Hall–Kier alpha value is -0.660. The van der Waals surface area contributed by atoms with Gasteiger partial charge in [-0.25, -0.2) is 0 Å². The Kier molecular flexibility index (Phi) is 13.0. The van der Waals surface area contributed by atoms with Crippen LogP contribution in [0.3, 0.4) is 0 Å². The third-order valence-corrected chi connectivity index (χ3v) is 2.03. The lowest BCUT2D eigenvalue weighted by atomic mass is 10.1. The summed E-state index contributed by atoms with van der Waals surface area (Å²) in [6.45, 7) is 2.22. The third kappa shape index (κ3) is 39.2. The van der Waals surface area contributed by atoms with E-state index in [-0.39, 0.29) is 5.91 Å². The second kappa shape index (κ2) is 11.8. The number of rotatable bonds is 8. The Labute approximate surface area is 103 Å². The molecule has 0 aliphatic heterocycles. The maximum absolute atomic E-state index is 10.4. The van der Waals surface area contributed by atoms with Crippen molar-refractivity contribution in [1.82, 2.24) is 0 Å². The minimum absolute atomic E-state index is 0.163. The standard InChI is InChI=1S/C10H21NO.H2O4S/c1-2-3-4-5-6-7-8-9-10(11)12;1-5(2,3)4/h2-9H2,1H3,(H2,11,12);(H2,1,2,3,4). The predicted molar refractivity (Wildman–Crippen MR) is 66.0 cm³/mol. The lowest BCUT2D eigenvalue weighted by molar-refractivity contribution is -0.118. The molecule has 0 spiro atoms. The molecule has 0 aromatic rings. The van der Waals surface area contributed by atoms with Gasteiger partial charge in [-0.2, -0.15) is 8.42 Å². The maximum Gasteiger partial charge on any atom is 0.394 e. The van der Waals surface area contributed by atoms with Gasteiger partial charge in [0, 0.05) is 6.42 Å². The van der Waals surface area contributed by atoms with E-state index >= 15 is 0 Å². The van der Waals surface area contributed by atoms with Crippen LogP contribution in [0.4, 0.5) is 0 Å². The molecule has 1 amide bonds. The van der Waals surface area contributed by atoms with Crippen LogP contribution in [0.15, 0.2) is 0 Å². The Morgan fingerprint density at radius 2 is 1.35 bits per heavy atom. The van der Waals surface area contributed by atoms with E-state index in [9.17, 15) is 4.79 Å². The normalized spacial score (nSPS) is 10.5. The van der Waals surface area contributed by atoms with Crippen LogP contribution >= 0.6 is 0 Å². The zero-order chi connectivity index (χ0) is 13.7. The molecular weight excluding hydrogens is 246 g/mol. The molecule has 7 heteroatoms. The van der Waals surface area contributed by atoms with Gasteiger partial charge in [-0.3, -0.25) is 13.9 Å². The molecule has 6 nitrogen and oxygen atoms in total. The fraction of sp³-hybridized carbons (Fsp3) is 0.900. The average Bonchev–Trinajstić information content (AvgIpc) is 2.13. The van der Waals surface area contributed by atoms with Gasteiger partial charge in [0.05, 0.1) is 0 Å². The second-order valence-corrected chi connectivity index (χ2v) is 4.68. The Morgan fingerprint density at radius 3 is 1.71 bits per heavy atom. The molecule has 0 aliphatic rings. The zero-order valence-corrected chi connectivity index (χ0v) is 11.1. The fourth-order valence-electron chi connectivity index (χ4n) is 1.26. The lowest BCUT2D eigenvalue weighted by Crippen LogP contribution is -2.09. The first-order valence-electron chi connectivity index (χ1n) is 5.75. The monoisotopic (exact) mass is 269 g/mol. The molecule has 0 bridgehead atoms. The smallest absolute Gasteiger partial charge is 0.370 e. The number of primary amides is 1. The van der Waals surface area contributed by atoms with Crippen molar-refractivity contribution in [1.29, 1.82) is 0 Å². The third-order valence-electron chi connectivity index (χ3n) is 2.03. The van der Waals surface area contributed by atoms with Crippen LogP contribution in [0.25, 0.3) is 0 Å². The highest BCUT2D eigenvalue weighted by molar-refractivity contribution is 7.79. The summed E-state index contributed by atoms with van der Waals surface area (Å²) in [5.41, 5.74) is 5.02. The molecular formula is C10H23NO5S. The number of unbranched alkanes of at least 4 members (excludes halogenated alkanes) is 6. The Morgan fingerprint density at radius 1 is 1.00 bits per heavy atom. The van der Waals surface area contributed by atoms with E-state index in [0.717, 1.165) is 12.8 Å². The molecule has 4 N–H and O–H groups in total. The van der Waals surface area contributed by atoms with Crippen molar-refractivity contribution in [2.24, 2.45) is 5.73 Å². The molecule has 0 heterocycles. The van der Waals surface area contributed by atoms with Crippen LogP contribution < -0.4 is 5.73 Å². The van der Waals surface area contributed by atoms with Gasteiger partial charge < -0.3 is 5.73 Å². The number of amides is 1. The highest BCUT2D eigenvalue weighted by Crippen LogP contribution is 2.07. The van der Waals surface area contributed by atoms with Gasteiger partial charge in [0.1, 0.15) is 0 Å². The summed E-state index contributed by atoms with van der Waals surface area (Å²) in [7, 11) is -4.67. The van der Waals surface area contributed by atoms with Crippen molar-refractivity contribution in [3.63, 3.8) is 0 Å². The van der Waals surface area contributed by atoms with Crippen LogP contribution in [0, 0.1) is 0 Å². The molecule has 104 valence electrons. The van der Waals surface area contributed by atoms with E-state index in [1.54, 1.807) is 0 Å². The summed E-state index contributed by atoms with van der Waals surface area (Å²) in [5, 5.41) is 0. The first-order valence-corrected chi connectivity index (χ1v) is 7.15. The van der Waals surface area contributed by atoms with Crippen LogP contribution in [0.1, 0.15) is 58.3 Å². The van der Waals surface area contributed by atoms with Gasteiger partial charge in [-0.1, -0.05) is 45.4 Å². The van der Waals surface area contributed by atoms with Gasteiger partial charge in [0.15, 0.2) is 0 Å². The number of carbonyl (C=O) groups is 1. The summed E-state index contributed by atoms with van der Waals surface area (Å²) in [6.07, 6.45) is 9.24. The Bertz CT molecular complexity index is 268. The van der Waals surface area contributed by atoms with Crippen LogP contribution in [0.5, 0.6) is 0 Å². The van der Waals surface area contributed by atoms with Crippen molar-refractivity contribution in [3.8, 4) is 0 Å². The molecule has 0 unspecified atom stereocenters. The van der Waals surface area contributed by atoms with Crippen molar-refractivity contribution in [2.45, 2.75) is 58.3 Å². The summed E-state index contributed by atoms with van der Waals surface area (Å²) in [6, 6.07) is 0. The van der Waals surface area contributed by atoms with Crippen molar-refractivity contribution in [2.75, 3.05) is 0 Å². The van der Waals surface area contributed by atoms with E-state index in [2.05, 4.69) is 6.92 Å². The summed E-state index contributed by atoms with van der Waals surface area (Å²) in [5.74, 6) is -0.163. The molecule has 0 aromatic heterocycles. The van der Waals surface area contributed by atoms with Gasteiger partial charge in [0.2, 0.25) is 5.91 Å². The molecule has 0 fully saturated rings. The highest BCUT2D eigenvalue weighted by Gasteiger charge is 1.94. The molecule has 17 heavy (non-hydrogen) atoms. The lowest BCUT2D eigenvalue weighted by Gasteiger charge is -1.98. The molecule has 0 rings (SSSR count).